The molecule has 3 N–H and O–H groups in total. The van der Waals surface area contributed by atoms with Crippen LogP contribution in [0.2, 0.25) is 0 Å². The molecule has 0 aliphatic carbocycles. The van der Waals surface area contributed by atoms with E-state index in [1.165, 1.54) is 16.3 Å². The lowest BCUT2D eigenvalue weighted by Crippen LogP contribution is -1.81. The molecule has 1 aromatic heterocycles. The number of aryl methyl sites for hydroxylation is 1. The van der Waals surface area contributed by atoms with Gasteiger partial charge in [-0.25, -0.2) is 0 Å². The fraction of sp³-hybridized carbons (Fsp3) is 0.0714. The lowest BCUT2D eigenvalue weighted by Gasteiger charge is -2.02. The Bertz CT molecular complexity index is 683. The minimum atomic E-state index is 0.518. The molecule has 0 amide bonds. The zero-order valence-electron chi connectivity index (χ0n) is 9.57. The van der Waals surface area contributed by atoms with Gasteiger partial charge in [-0.2, -0.15) is 5.10 Å². The van der Waals surface area contributed by atoms with Crippen LogP contribution in [0.5, 0.6) is 0 Å². The number of nitrogens with one attached hydrogen (secondary N) is 1. The SMILES string of the molecule is Cc1ccc2cc(-c3cc(N)n[nH]3)ccc2c1. The van der Waals surface area contributed by atoms with Crippen molar-refractivity contribution in [2.45, 2.75) is 6.92 Å². The van der Waals surface area contributed by atoms with E-state index < -0.39 is 0 Å². The molecule has 0 fully saturated rings. The first-order valence-corrected chi connectivity index (χ1v) is 5.54. The molecule has 0 atom stereocenters. The highest BCUT2D eigenvalue weighted by atomic mass is 15.2. The van der Waals surface area contributed by atoms with Gasteiger partial charge in [-0.1, -0.05) is 35.9 Å². The van der Waals surface area contributed by atoms with Crippen molar-refractivity contribution in [2.75, 3.05) is 5.73 Å². The van der Waals surface area contributed by atoms with Gasteiger partial charge in [0.15, 0.2) is 0 Å². The highest BCUT2D eigenvalue weighted by Crippen LogP contribution is 2.24. The van der Waals surface area contributed by atoms with Crippen LogP contribution in [0.3, 0.4) is 0 Å². The number of H-pyrrole nitrogens is 1. The molecule has 0 saturated carbocycles. The summed E-state index contributed by atoms with van der Waals surface area (Å²) in [4.78, 5) is 0. The first kappa shape index (κ1) is 9.90. The van der Waals surface area contributed by atoms with Crippen molar-refractivity contribution in [3.8, 4) is 11.3 Å². The molecule has 0 radical (unpaired) electrons. The fourth-order valence-electron chi connectivity index (χ4n) is 2.02. The topological polar surface area (TPSA) is 54.7 Å². The number of fused-ring (bicyclic) bond motifs is 1. The van der Waals surface area contributed by atoms with Gasteiger partial charge in [0.25, 0.3) is 0 Å². The van der Waals surface area contributed by atoms with Gasteiger partial charge in [0.2, 0.25) is 0 Å². The highest BCUT2D eigenvalue weighted by Gasteiger charge is 2.02. The molecule has 0 saturated heterocycles. The third-order valence-corrected chi connectivity index (χ3v) is 2.90. The summed E-state index contributed by atoms with van der Waals surface area (Å²) >= 11 is 0. The summed E-state index contributed by atoms with van der Waals surface area (Å²) in [6.45, 7) is 2.10. The van der Waals surface area contributed by atoms with Crippen molar-refractivity contribution >= 4 is 16.6 Å². The summed E-state index contributed by atoms with van der Waals surface area (Å²) in [6, 6.07) is 14.6. The predicted octanol–water partition coefficient (Wildman–Crippen LogP) is 3.12. The number of anilines is 1. The second-order valence-electron chi connectivity index (χ2n) is 4.27. The maximum atomic E-state index is 5.61. The Morgan fingerprint density at radius 3 is 2.53 bits per heavy atom. The Morgan fingerprint density at radius 1 is 1.00 bits per heavy atom. The smallest absolute Gasteiger partial charge is 0.145 e. The molecule has 3 aromatic rings. The Labute approximate surface area is 99.3 Å². The monoisotopic (exact) mass is 223 g/mol. The van der Waals surface area contributed by atoms with Crippen LogP contribution in [0.15, 0.2) is 42.5 Å². The van der Waals surface area contributed by atoms with Gasteiger partial charge >= 0.3 is 0 Å². The summed E-state index contributed by atoms with van der Waals surface area (Å²) in [6.07, 6.45) is 0. The van der Waals surface area contributed by atoms with Crippen molar-refractivity contribution in [3.63, 3.8) is 0 Å². The molecular formula is C14H13N3. The summed E-state index contributed by atoms with van der Waals surface area (Å²) in [5, 5.41) is 9.34. The van der Waals surface area contributed by atoms with E-state index in [0.717, 1.165) is 11.3 Å². The van der Waals surface area contributed by atoms with Gasteiger partial charge in [-0.15, -0.1) is 0 Å². The van der Waals surface area contributed by atoms with Gasteiger partial charge < -0.3 is 5.73 Å². The third-order valence-electron chi connectivity index (χ3n) is 2.90. The number of nitrogen functional groups attached to an aromatic ring is 1. The van der Waals surface area contributed by atoms with Crippen LogP contribution in [0.1, 0.15) is 5.56 Å². The van der Waals surface area contributed by atoms with Crippen molar-refractivity contribution in [1.29, 1.82) is 0 Å². The Hall–Kier alpha value is -2.29. The molecule has 0 unspecified atom stereocenters. The second kappa shape index (κ2) is 3.63. The molecule has 1 heterocycles. The molecule has 3 nitrogen and oxygen atoms in total. The van der Waals surface area contributed by atoms with Crippen molar-refractivity contribution < 1.29 is 0 Å². The van der Waals surface area contributed by atoms with E-state index in [0.29, 0.717) is 5.82 Å². The van der Waals surface area contributed by atoms with Gasteiger partial charge in [-0.3, -0.25) is 5.10 Å². The number of rotatable bonds is 1. The van der Waals surface area contributed by atoms with E-state index >= 15 is 0 Å². The molecule has 17 heavy (non-hydrogen) atoms. The van der Waals surface area contributed by atoms with Crippen LogP contribution in [0.25, 0.3) is 22.0 Å². The van der Waals surface area contributed by atoms with Gasteiger partial charge in [0.05, 0.1) is 5.69 Å². The minimum Gasteiger partial charge on any atom is -0.382 e. The molecule has 0 aliphatic heterocycles. The van der Waals surface area contributed by atoms with Gasteiger partial charge in [0.1, 0.15) is 5.82 Å². The van der Waals surface area contributed by atoms with Gasteiger partial charge in [-0.05, 0) is 23.8 Å². The van der Waals surface area contributed by atoms with E-state index in [9.17, 15) is 0 Å². The molecular weight excluding hydrogens is 210 g/mol. The van der Waals surface area contributed by atoms with Crippen molar-refractivity contribution in [2.24, 2.45) is 0 Å². The molecule has 3 rings (SSSR count). The normalized spacial score (nSPS) is 10.9. The van der Waals surface area contributed by atoms with Crippen LogP contribution < -0.4 is 5.73 Å². The van der Waals surface area contributed by atoms with Crippen LogP contribution in [-0.2, 0) is 0 Å². The minimum absolute atomic E-state index is 0.518. The largest absolute Gasteiger partial charge is 0.382 e. The average molecular weight is 223 g/mol. The van der Waals surface area contributed by atoms with Crippen LogP contribution in [0.4, 0.5) is 5.82 Å². The standard InChI is InChI=1S/C14H13N3/c1-9-2-3-11-7-12(5-4-10(11)6-9)13-8-14(15)17-16-13/h2-8H,1H3,(H3,15,16,17). The van der Waals surface area contributed by atoms with E-state index in [1.54, 1.807) is 0 Å². The van der Waals surface area contributed by atoms with E-state index in [2.05, 4.69) is 53.5 Å². The molecule has 0 aliphatic rings. The first-order valence-electron chi connectivity index (χ1n) is 5.54. The van der Waals surface area contributed by atoms with Gasteiger partial charge in [0, 0.05) is 11.6 Å². The summed E-state index contributed by atoms with van der Waals surface area (Å²) in [7, 11) is 0. The Kier molecular flexibility index (Phi) is 2.11. The number of hydrogen-bond acceptors (Lipinski definition) is 2. The first-order chi connectivity index (χ1) is 8.22. The lowest BCUT2D eigenvalue weighted by atomic mass is 10.0. The maximum absolute atomic E-state index is 5.61. The Balaban J connectivity index is 2.16. The summed E-state index contributed by atoms with van der Waals surface area (Å²) < 4.78 is 0. The molecule has 3 heteroatoms. The number of aromatic nitrogens is 2. The Morgan fingerprint density at radius 2 is 1.76 bits per heavy atom. The summed E-state index contributed by atoms with van der Waals surface area (Å²) in [5.41, 5.74) is 8.93. The summed E-state index contributed by atoms with van der Waals surface area (Å²) in [5.74, 6) is 0.518. The average Bonchev–Trinajstić information content (AvgIpc) is 2.75. The van der Waals surface area contributed by atoms with Crippen LogP contribution >= 0.6 is 0 Å². The van der Waals surface area contributed by atoms with E-state index in [4.69, 9.17) is 5.73 Å². The number of nitrogens with two attached hydrogens (primary N) is 1. The predicted molar refractivity (Wildman–Crippen MR) is 70.7 cm³/mol. The van der Waals surface area contributed by atoms with Crippen LogP contribution in [-0.4, -0.2) is 10.2 Å². The molecule has 0 bridgehead atoms. The van der Waals surface area contributed by atoms with Crippen LogP contribution in [0, 0.1) is 6.92 Å². The number of benzene rings is 2. The second-order valence-corrected chi connectivity index (χ2v) is 4.27. The highest BCUT2D eigenvalue weighted by molar-refractivity contribution is 5.87. The van der Waals surface area contributed by atoms with Crippen molar-refractivity contribution in [1.82, 2.24) is 10.2 Å². The fourth-order valence-corrected chi connectivity index (χ4v) is 2.02. The maximum Gasteiger partial charge on any atom is 0.145 e. The zero-order chi connectivity index (χ0) is 11.8. The van der Waals surface area contributed by atoms with E-state index in [1.807, 2.05) is 6.07 Å². The molecule has 0 spiro atoms. The van der Waals surface area contributed by atoms with Crippen molar-refractivity contribution in [3.05, 3.63) is 48.0 Å². The lowest BCUT2D eigenvalue weighted by molar-refractivity contribution is 1.10. The quantitative estimate of drug-likeness (QED) is 0.666. The van der Waals surface area contributed by atoms with E-state index in [-0.39, 0.29) is 0 Å². The molecule has 84 valence electrons. The molecule has 2 aromatic carbocycles. The number of nitrogens with zero attached hydrogens (tertiary/aromatic N) is 1. The number of hydrogen-bond donors (Lipinski definition) is 2. The zero-order valence-corrected chi connectivity index (χ0v) is 9.57. The number of aromatic amines is 1. The third kappa shape index (κ3) is 1.76.